The molecule has 0 saturated carbocycles. The summed E-state index contributed by atoms with van der Waals surface area (Å²) in [5.41, 5.74) is 0.962. The van der Waals surface area contributed by atoms with E-state index in [1.165, 1.54) is 0 Å². The van der Waals surface area contributed by atoms with Gasteiger partial charge in [-0.25, -0.2) is 4.79 Å². The van der Waals surface area contributed by atoms with E-state index in [2.05, 4.69) is 5.32 Å². The van der Waals surface area contributed by atoms with E-state index in [-0.39, 0.29) is 24.2 Å². The minimum absolute atomic E-state index is 0. The highest BCUT2D eigenvalue weighted by atomic mass is 35.5. The van der Waals surface area contributed by atoms with Crippen molar-refractivity contribution >= 4 is 29.3 Å². The van der Waals surface area contributed by atoms with Gasteiger partial charge in [-0.3, -0.25) is 0 Å². The molecule has 0 radical (unpaired) electrons. The van der Waals surface area contributed by atoms with Gasteiger partial charge in [0, 0.05) is 5.39 Å². The fourth-order valence-electron chi connectivity index (χ4n) is 2.16. The van der Waals surface area contributed by atoms with Crippen LogP contribution >= 0.6 is 12.4 Å². The lowest BCUT2D eigenvalue weighted by atomic mass is 9.99. The van der Waals surface area contributed by atoms with Crippen molar-refractivity contribution in [3.05, 3.63) is 42.0 Å². The van der Waals surface area contributed by atoms with Crippen molar-refractivity contribution in [2.24, 2.45) is 0 Å². The Balaban J connectivity index is 0.00000120. The van der Waals surface area contributed by atoms with E-state index in [0.29, 0.717) is 6.61 Å². The molecule has 0 bridgehead atoms. The third-order valence-corrected chi connectivity index (χ3v) is 2.98. The Morgan fingerprint density at radius 1 is 1.17 bits per heavy atom. The van der Waals surface area contributed by atoms with E-state index in [9.17, 15) is 9.90 Å². The van der Waals surface area contributed by atoms with Gasteiger partial charge in [-0.2, -0.15) is 0 Å². The Morgan fingerprint density at radius 3 is 2.56 bits per heavy atom. The summed E-state index contributed by atoms with van der Waals surface area (Å²) >= 11 is 0. The van der Waals surface area contributed by atoms with Crippen molar-refractivity contribution in [3.8, 4) is 5.75 Å². The van der Waals surface area contributed by atoms with Crippen LogP contribution in [0.1, 0.15) is 11.6 Å². The minimum atomic E-state index is -0.396. The van der Waals surface area contributed by atoms with E-state index in [4.69, 9.17) is 4.74 Å². The van der Waals surface area contributed by atoms with Crippen LogP contribution in [0.4, 0.5) is 4.79 Å². The zero-order chi connectivity index (χ0) is 11.8. The Kier molecular flexibility index (Phi) is 3.30. The summed E-state index contributed by atoms with van der Waals surface area (Å²) in [6, 6.07) is 10.9. The lowest BCUT2D eigenvalue weighted by Gasteiger charge is -2.12. The van der Waals surface area contributed by atoms with Crippen LogP contribution < -0.4 is 5.32 Å². The maximum atomic E-state index is 11.0. The van der Waals surface area contributed by atoms with Gasteiger partial charge < -0.3 is 15.2 Å². The summed E-state index contributed by atoms with van der Waals surface area (Å²) < 4.78 is 4.89. The van der Waals surface area contributed by atoms with Crippen LogP contribution in [-0.4, -0.2) is 17.8 Å². The third kappa shape index (κ3) is 1.95. The van der Waals surface area contributed by atoms with Gasteiger partial charge in [0.2, 0.25) is 0 Å². The molecule has 18 heavy (non-hydrogen) atoms. The molecule has 2 aromatic carbocycles. The molecule has 0 aromatic heterocycles. The van der Waals surface area contributed by atoms with Crippen LogP contribution in [0.2, 0.25) is 0 Å². The molecule has 1 aliphatic heterocycles. The monoisotopic (exact) mass is 265 g/mol. The first-order valence-corrected chi connectivity index (χ1v) is 5.39. The van der Waals surface area contributed by atoms with Gasteiger partial charge in [-0.15, -0.1) is 12.4 Å². The number of carbonyl (C=O) groups excluding carboxylic acids is 1. The molecule has 94 valence electrons. The average Bonchev–Trinajstić information content (AvgIpc) is 2.77. The molecule has 0 aliphatic carbocycles. The molecular weight excluding hydrogens is 254 g/mol. The number of amides is 1. The number of phenolic OH excluding ortho intramolecular Hbond substituents is 1. The van der Waals surface area contributed by atoms with Crippen molar-refractivity contribution in [1.82, 2.24) is 5.32 Å². The van der Waals surface area contributed by atoms with E-state index in [0.717, 1.165) is 16.3 Å². The maximum Gasteiger partial charge on any atom is 0.407 e. The average molecular weight is 266 g/mol. The van der Waals surface area contributed by atoms with Gasteiger partial charge in [0.05, 0.1) is 6.04 Å². The van der Waals surface area contributed by atoms with Gasteiger partial charge >= 0.3 is 6.09 Å². The number of hydrogen-bond donors (Lipinski definition) is 2. The first-order valence-electron chi connectivity index (χ1n) is 5.39. The van der Waals surface area contributed by atoms with Crippen molar-refractivity contribution < 1.29 is 14.6 Å². The Hall–Kier alpha value is -1.94. The molecule has 2 N–H and O–H groups in total. The molecule has 1 fully saturated rings. The third-order valence-electron chi connectivity index (χ3n) is 2.98. The SMILES string of the molecule is Cl.O=C1N[C@H](c2ccc(O)c3ccccc23)CO1. The number of fused-ring (bicyclic) bond motifs is 1. The first kappa shape index (κ1) is 12.5. The van der Waals surface area contributed by atoms with Crippen LogP contribution in [0, 0.1) is 0 Å². The number of rotatable bonds is 1. The summed E-state index contributed by atoms with van der Waals surface area (Å²) in [4.78, 5) is 11.0. The topological polar surface area (TPSA) is 58.6 Å². The number of aromatic hydroxyl groups is 1. The highest BCUT2D eigenvalue weighted by Gasteiger charge is 2.25. The molecule has 1 aliphatic rings. The minimum Gasteiger partial charge on any atom is -0.507 e. The quantitative estimate of drug-likeness (QED) is 0.834. The molecule has 0 spiro atoms. The second kappa shape index (κ2) is 4.74. The summed E-state index contributed by atoms with van der Waals surface area (Å²) in [6.07, 6.45) is -0.396. The Labute approximate surface area is 110 Å². The van der Waals surface area contributed by atoms with Gasteiger partial charge in [0.25, 0.3) is 0 Å². The van der Waals surface area contributed by atoms with E-state index in [1.54, 1.807) is 6.07 Å². The number of benzene rings is 2. The van der Waals surface area contributed by atoms with E-state index in [1.807, 2.05) is 30.3 Å². The number of halogens is 1. The predicted octanol–water partition coefficient (Wildman–Crippen LogP) is 2.75. The van der Waals surface area contributed by atoms with Gasteiger partial charge in [0.15, 0.2) is 0 Å². The number of hydrogen-bond acceptors (Lipinski definition) is 3. The number of phenols is 1. The normalized spacial score (nSPS) is 18.0. The van der Waals surface area contributed by atoms with Crippen LogP contribution in [0.25, 0.3) is 10.8 Å². The molecule has 2 aromatic rings. The lowest BCUT2D eigenvalue weighted by Crippen LogP contribution is -2.18. The van der Waals surface area contributed by atoms with Crippen LogP contribution in [0.5, 0.6) is 5.75 Å². The summed E-state index contributed by atoms with van der Waals surface area (Å²) in [6.45, 7) is 0.327. The van der Waals surface area contributed by atoms with Gasteiger partial charge in [-0.1, -0.05) is 30.3 Å². The van der Waals surface area contributed by atoms with E-state index < -0.39 is 6.09 Å². The first-order chi connectivity index (χ1) is 8.25. The van der Waals surface area contributed by atoms with Crippen molar-refractivity contribution in [2.45, 2.75) is 6.04 Å². The second-order valence-corrected chi connectivity index (χ2v) is 4.01. The smallest absolute Gasteiger partial charge is 0.407 e. The number of carbonyl (C=O) groups is 1. The molecule has 1 heterocycles. The van der Waals surface area contributed by atoms with Crippen LogP contribution in [-0.2, 0) is 4.74 Å². The molecule has 1 amide bonds. The number of ether oxygens (including phenoxy) is 1. The number of cyclic esters (lactones) is 1. The maximum absolute atomic E-state index is 11.0. The van der Waals surface area contributed by atoms with E-state index >= 15 is 0 Å². The zero-order valence-corrected chi connectivity index (χ0v) is 10.2. The molecular formula is C13H12ClNO3. The molecule has 1 saturated heterocycles. The summed E-state index contributed by atoms with van der Waals surface area (Å²) in [5, 5.41) is 14.2. The summed E-state index contributed by atoms with van der Waals surface area (Å²) in [7, 11) is 0. The number of alkyl carbamates (subject to hydrolysis) is 1. The van der Waals surface area contributed by atoms with Crippen LogP contribution in [0.3, 0.4) is 0 Å². The fraction of sp³-hybridized carbons (Fsp3) is 0.154. The zero-order valence-electron chi connectivity index (χ0n) is 9.42. The summed E-state index contributed by atoms with van der Waals surface area (Å²) in [5.74, 6) is 0.245. The van der Waals surface area contributed by atoms with Gasteiger partial charge in [-0.05, 0) is 17.0 Å². The van der Waals surface area contributed by atoms with Crippen molar-refractivity contribution in [1.29, 1.82) is 0 Å². The lowest BCUT2D eigenvalue weighted by molar-refractivity contribution is 0.177. The van der Waals surface area contributed by atoms with Crippen molar-refractivity contribution in [3.63, 3.8) is 0 Å². The Morgan fingerprint density at radius 2 is 1.89 bits per heavy atom. The highest BCUT2D eigenvalue weighted by molar-refractivity contribution is 5.91. The standard InChI is InChI=1S/C13H11NO3.ClH/c15-12-6-5-9(11-7-17-13(16)14-11)8-3-1-2-4-10(8)12;/h1-6,11,15H,7H2,(H,14,16);1H/t11-;/m0./s1. The van der Waals surface area contributed by atoms with Gasteiger partial charge in [0.1, 0.15) is 12.4 Å². The molecule has 0 unspecified atom stereocenters. The highest BCUT2D eigenvalue weighted by Crippen LogP contribution is 2.31. The predicted molar refractivity (Wildman–Crippen MR) is 70.1 cm³/mol. The number of nitrogens with one attached hydrogen (secondary N) is 1. The second-order valence-electron chi connectivity index (χ2n) is 4.01. The van der Waals surface area contributed by atoms with Crippen molar-refractivity contribution in [2.75, 3.05) is 6.61 Å². The largest absolute Gasteiger partial charge is 0.507 e. The fourth-order valence-corrected chi connectivity index (χ4v) is 2.16. The molecule has 1 atom stereocenters. The molecule has 5 heteroatoms. The Bertz CT molecular complexity index is 600. The molecule has 3 rings (SSSR count). The van der Waals surface area contributed by atoms with Crippen LogP contribution in [0.15, 0.2) is 36.4 Å². The molecule has 4 nitrogen and oxygen atoms in total.